The summed E-state index contributed by atoms with van der Waals surface area (Å²) in [6, 6.07) is -0.895. The number of rotatable bonds is 8. The minimum absolute atomic E-state index is 0.0664. The molecule has 0 radical (unpaired) electrons. The highest BCUT2D eigenvalue weighted by molar-refractivity contribution is 8.00. The average Bonchev–Trinajstić information content (AvgIpc) is 2.16. The maximum atomic E-state index is 11.3. The van der Waals surface area contributed by atoms with Crippen LogP contribution >= 0.6 is 11.8 Å². The molecule has 4 N–H and O–H groups in total. The Morgan fingerprint density at radius 3 is 2.56 bits per heavy atom. The lowest BCUT2D eigenvalue weighted by Gasteiger charge is -2.08. The van der Waals surface area contributed by atoms with Crippen LogP contribution in [0.2, 0.25) is 0 Å². The molecule has 6 heteroatoms. The zero-order valence-electron chi connectivity index (χ0n) is 9.73. The summed E-state index contributed by atoms with van der Waals surface area (Å²) in [6.45, 7) is 4.85. The van der Waals surface area contributed by atoms with Crippen LogP contribution in [0, 0.1) is 5.92 Å². The molecule has 0 heterocycles. The third-order valence-corrected chi connectivity index (χ3v) is 2.95. The van der Waals surface area contributed by atoms with Gasteiger partial charge in [-0.1, -0.05) is 13.8 Å². The summed E-state index contributed by atoms with van der Waals surface area (Å²) >= 11 is 1.24. The number of carbonyl (C=O) groups is 2. The first-order chi connectivity index (χ1) is 7.43. The maximum absolute atomic E-state index is 11.3. The number of amides is 1. The monoisotopic (exact) mass is 248 g/mol. The van der Waals surface area contributed by atoms with Crippen molar-refractivity contribution in [3.8, 4) is 0 Å². The summed E-state index contributed by atoms with van der Waals surface area (Å²) in [4.78, 5) is 21.6. The molecule has 0 fully saturated rings. The third kappa shape index (κ3) is 8.55. The van der Waals surface area contributed by atoms with E-state index in [1.807, 2.05) is 0 Å². The van der Waals surface area contributed by atoms with Gasteiger partial charge in [-0.15, -0.1) is 11.8 Å². The van der Waals surface area contributed by atoms with E-state index < -0.39 is 12.0 Å². The minimum Gasteiger partial charge on any atom is -0.480 e. The molecule has 0 aliphatic rings. The first-order valence-electron chi connectivity index (χ1n) is 5.26. The molecule has 0 spiro atoms. The fourth-order valence-corrected chi connectivity index (χ4v) is 1.70. The maximum Gasteiger partial charge on any atom is 0.321 e. The van der Waals surface area contributed by atoms with Crippen molar-refractivity contribution in [1.82, 2.24) is 5.32 Å². The first kappa shape index (κ1) is 15.2. The number of carboxylic acids is 1. The number of nitrogens with two attached hydrogens (primary N) is 1. The van der Waals surface area contributed by atoms with Crippen LogP contribution < -0.4 is 11.1 Å². The molecule has 0 unspecified atom stereocenters. The van der Waals surface area contributed by atoms with Crippen LogP contribution in [0.1, 0.15) is 20.3 Å². The first-order valence-corrected chi connectivity index (χ1v) is 6.41. The predicted octanol–water partition coefficient (Wildman–Crippen LogP) is 0.294. The molecule has 0 rings (SSSR count). The molecular weight excluding hydrogens is 228 g/mol. The number of aliphatic carboxylic acids is 1. The van der Waals surface area contributed by atoms with E-state index in [2.05, 4.69) is 19.2 Å². The summed E-state index contributed by atoms with van der Waals surface area (Å²) in [5.41, 5.74) is 5.29. The highest BCUT2D eigenvalue weighted by Gasteiger charge is 2.11. The largest absolute Gasteiger partial charge is 0.480 e. The van der Waals surface area contributed by atoms with Crippen LogP contribution in [0.15, 0.2) is 0 Å². The molecule has 0 aromatic heterocycles. The predicted molar refractivity (Wildman–Crippen MR) is 65.4 cm³/mol. The van der Waals surface area contributed by atoms with E-state index >= 15 is 0 Å². The Hall–Kier alpha value is -0.750. The van der Waals surface area contributed by atoms with Crippen LogP contribution in [0.5, 0.6) is 0 Å². The summed E-state index contributed by atoms with van der Waals surface area (Å²) < 4.78 is 0. The Kier molecular flexibility index (Phi) is 8.01. The molecule has 16 heavy (non-hydrogen) atoms. The van der Waals surface area contributed by atoms with Gasteiger partial charge in [-0.25, -0.2) is 0 Å². The van der Waals surface area contributed by atoms with E-state index in [0.717, 1.165) is 6.42 Å². The SMILES string of the molecule is CC(C)CCNC(=O)CSC[C@@H](N)C(=O)O. The number of hydrogen-bond acceptors (Lipinski definition) is 4. The van der Waals surface area contributed by atoms with E-state index in [9.17, 15) is 9.59 Å². The van der Waals surface area contributed by atoms with Crippen molar-refractivity contribution >= 4 is 23.6 Å². The van der Waals surface area contributed by atoms with Crippen LogP contribution in [0.4, 0.5) is 0 Å². The van der Waals surface area contributed by atoms with Gasteiger partial charge in [-0.2, -0.15) is 0 Å². The van der Waals surface area contributed by atoms with Gasteiger partial charge in [0, 0.05) is 12.3 Å². The van der Waals surface area contributed by atoms with Gasteiger partial charge in [0.05, 0.1) is 5.75 Å². The molecule has 0 bridgehead atoms. The van der Waals surface area contributed by atoms with Crippen LogP contribution in [0.25, 0.3) is 0 Å². The van der Waals surface area contributed by atoms with Crippen molar-refractivity contribution in [2.24, 2.45) is 11.7 Å². The van der Waals surface area contributed by atoms with Crippen molar-refractivity contribution in [3.05, 3.63) is 0 Å². The molecule has 0 aromatic rings. The Labute approximate surface area is 100 Å². The summed E-state index contributed by atoms with van der Waals surface area (Å²) in [7, 11) is 0. The summed E-state index contributed by atoms with van der Waals surface area (Å²) in [5, 5.41) is 11.3. The van der Waals surface area contributed by atoms with Gasteiger partial charge < -0.3 is 16.2 Å². The standard InChI is InChI=1S/C10H20N2O3S/c1-7(2)3-4-12-9(13)6-16-5-8(11)10(14)15/h7-8H,3-6,11H2,1-2H3,(H,12,13)(H,14,15)/t8-/m1/s1. The van der Waals surface area contributed by atoms with E-state index in [1.54, 1.807) is 0 Å². The minimum atomic E-state index is -1.03. The van der Waals surface area contributed by atoms with E-state index in [4.69, 9.17) is 10.8 Å². The lowest BCUT2D eigenvalue weighted by atomic mass is 10.1. The highest BCUT2D eigenvalue weighted by Crippen LogP contribution is 2.02. The molecule has 0 aliphatic heterocycles. The van der Waals surface area contributed by atoms with Crippen molar-refractivity contribution in [1.29, 1.82) is 0 Å². The average molecular weight is 248 g/mol. The number of hydrogen-bond donors (Lipinski definition) is 3. The smallest absolute Gasteiger partial charge is 0.321 e. The Morgan fingerprint density at radius 2 is 2.06 bits per heavy atom. The Morgan fingerprint density at radius 1 is 1.44 bits per heavy atom. The van der Waals surface area contributed by atoms with Crippen molar-refractivity contribution in [3.63, 3.8) is 0 Å². The van der Waals surface area contributed by atoms with Crippen LogP contribution in [0.3, 0.4) is 0 Å². The second-order valence-electron chi connectivity index (χ2n) is 3.99. The Balaban J connectivity index is 3.47. The summed E-state index contributed by atoms with van der Waals surface area (Å²) in [5.74, 6) is -0.0178. The molecule has 5 nitrogen and oxygen atoms in total. The molecular formula is C10H20N2O3S. The van der Waals surface area contributed by atoms with Gasteiger partial charge in [-0.3, -0.25) is 9.59 Å². The molecule has 0 aromatic carbocycles. The van der Waals surface area contributed by atoms with E-state index in [-0.39, 0.29) is 17.4 Å². The topological polar surface area (TPSA) is 92.4 Å². The number of carboxylic acid groups (broad SMARTS) is 1. The second kappa shape index (κ2) is 8.41. The van der Waals surface area contributed by atoms with E-state index in [0.29, 0.717) is 12.5 Å². The zero-order chi connectivity index (χ0) is 12.6. The Bertz CT molecular complexity index is 234. The number of nitrogens with one attached hydrogen (secondary N) is 1. The number of carbonyl (C=O) groups excluding carboxylic acids is 1. The lowest BCUT2D eigenvalue weighted by Crippen LogP contribution is -2.33. The molecule has 0 aliphatic carbocycles. The summed E-state index contributed by atoms with van der Waals surface area (Å²) in [6.07, 6.45) is 0.949. The normalized spacial score (nSPS) is 12.5. The zero-order valence-corrected chi connectivity index (χ0v) is 10.5. The lowest BCUT2D eigenvalue weighted by molar-refractivity contribution is -0.138. The molecule has 1 atom stereocenters. The van der Waals surface area contributed by atoms with E-state index in [1.165, 1.54) is 11.8 Å². The molecule has 94 valence electrons. The van der Waals surface area contributed by atoms with Crippen LogP contribution in [-0.4, -0.2) is 41.1 Å². The molecule has 0 saturated heterocycles. The third-order valence-electron chi connectivity index (χ3n) is 1.89. The molecule has 1 amide bonds. The van der Waals surface area contributed by atoms with Gasteiger partial charge in [0.15, 0.2) is 0 Å². The van der Waals surface area contributed by atoms with Crippen LogP contribution in [-0.2, 0) is 9.59 Å². The van der Waals surface area contributed by atoms with Gasteiger partial charge >= 0.3 is 5.97 Å². The van der Waals surface area contributed by atoms with Crippen molar-refractivity contribution in [2.75, 3.05) is 18.1 Å². The number of thioether (sulfide) groups is 1. The van der Waals surface area contributed by atoms with Crippen molar-refractivity contribution < 1.29 is 14.7 Å². The van der Waals surface area contributed by atoms with Gasteiger partial charge in [0.2, 0.25) is 5.91 Å². The van der Waals surface area contributed by atoms with Gasteiger partial charge in [0.25, 0.3) is 0 Å². The fraction of sp³-hybridized carbons (Fsp3) is 0.800. The van der Waals surface area contributed by atoms with Gasteiger partial charge in [-0.05, 0) is 12.3 Å². The van der Waals surface area contributed by atoms with Gasteiger partial charge in [0.1, 0.15) is 6.04 Å². The van der Waals surface area contributed by atoms with Crippen molar-refractivity contribution in [2.45, 2.75) is 26.3 Å². The molecule has 0 saturated carbocycles. The highest BCUT2D eigenvalue weighted by atomic mass is 32.2. The second-order valence-corrected chi connectivity index (χ2v) is 5.02. The fourth-order valence-electron chi connectivity index (χ4n) is 0.901. The quantitative estimate of drug-likeness (QED) is 0.574.